The van der Waals surface area contributed by atoms with Crippen molar-refractivity contribution in [3.63, 3.8) is 0 Å². The summed E-state index contributed by atoms with van der Waals surface area (Å²) in [5, 5.41) is 5.55. The molecular formula is C20H22ClN3O3S. The summed E-state index contributed by atoms with van der Waals surface area (Å²) in [6.07, 6.45) is 3.17. The van der Waals surface area contributed by atoms with Crippen LogP contribution in [0.5, 0.6) is 0 Å². The summed E-state index contributed by atoms with van der Waals surface area (Å²) in [5.41, 5.74) is 2.87. The van der Waals surface area contributed by atoms with Crippen molar-refractivity contribution in [2.75, 3.05) is 0 Å². The van der Waals surface area contributed by atoms with Crippen LogP contribution in [-0.4, -0.2) is 24.2 Å². The molecule has 3 N–H and O–H groups in total. The Hall–Kier alpha value is -2.48. The van der Waals surface area contributed by atoms with Gasteiger partial charge in [0.1, 0.15) is 4.75 Å². The van der Waals surface area contributed by atoms with Crippen LogP contribution in [0, 0.1) is 6.92 Å². The SMILES string of the molecule is Cc1cc(CC(C)(c2cccnc2)S(N)(=O)=O)[nH]c1C(=O)c1ccccc1.Cl. The minimum atomic E-state index is -3.94. The van der Waals surface area contributed by atoms with Gasteiger partial charge in [0, 0.05) is 30.1 Å². The lowest BCUT2D eigenvalue weighted by atomic mass is 9.96. The standard InChI is InChI=1S/C20H21N3O3S.ClH/c1-14-11-17(23-18(14)19(24)15-7-4-3-5-8-15)12-20(2,27(21,25)26)16-9-6-10-22-13-16;/h3-11,13,23H,12H2,1-2H3,(H2,21,25,26);1H. The fraction of sp³-hybridized carbons (Fsp3) is 0.200. The number of ketones is 1. The molecule has 1 atom stereocenters. The lowest BCUT2D eigenvalue weighted by Crippen LogP contribution is -2.40. The number of aromatic nitrogens is 2. The van der Waals surface area contributed by atoms with Gasteiger partial charge in [0.05, 0.1) is 5.69 Å². The number of nitrogens with zero attached hydrogens (tertiary/aromatic N) is 1. The third kappa shape index (κ3) is 4.16. The number of nitrogens with one attached hydrogen (secondary N) is 1. The topological polar surface area (TPSA) is 106 Å². The monoisotopic (exact) mass is 419 g/mol. The number of sulfonamides is 1. The largest absolute Gasteiger partial charge is 0.355 e. The second kappa shape index (κ2) is 8.26. The molecule has 0 spiro atoms. The minimum Gasteiger partial charge on any atom is -0.355 e. The molecule has 0 aliphatic heterocycles. The van der Waals surface area contributed by atoms with Crippen LogP contribution in [0.15, 0.2) is 60.9 Å². The molecule has 0 aliphatic rings. The third-order valence-electron chi connectivity index (χ3n) is 4.76. The predicted molar refractivity (Wildman–Crippen MR) is 111 cm³/mol. The number of primary sulfonamides is 1. The van der Waals surface area contributed by atoms with Crippen LogP contribution in [0.25, 0.3) is 0 Å². The van der Waals surface area contributed by atoms with Gasteiger partial charge in [-0.3, -0.25) is 9.78 Å². The molecule has 3 aromatic rings. The molecule has 3 rings (SSSR count). The summed E-state index contributed by atoms with van der Waals surface area (Å²) in [6, 6.07) is 14.1. The molecule has 28 heavy (non-hydrogen) atoms. The van der Waals surface area contributed by atoms with E-state index in [1.807, 2.05) is 13.0 Å². The molecule has 1 unspecified atom stereocenters. The molecule has 1 aromatic carbocycles. The third-order valence-corrected chi connectivity index (χ3v) is 6.40. The van der Waals surface area contributed by atoms with E-state index in [-0.39, 0.29) is 24.6 Å². The summed E-state index contributed by atoms with van der Waals surface area (Å²) < 4.78 is 23.4. The van der Waals surface area contributed by atoms with E-state index in [2.05, 4.69) is 9.97 Å². The number of carbonyl (C=O) groups is 1. The van der Waals surface area contributed by atoms with Gasteiger partial charge in [-0.2, -0.15) is 0 Å². The molecule has 0 amide bonds. The normalized spacial score (nSPS) is 13.4. The van der Waals surface area contributed by atoms with Crippen LogP contribution >= 0.6 is 12.4 Å². The maximum atomic E-state index is 12.7. The average molecular weight is 420 g/mol. The van der Waals surface area contributed by atoms with Gasteiger partial charge >= 0.3 is 0 Å². The molecule has 8 heteroatoms. The number of H-pyrrole nitrogens is 1. The highest BCUT2D eigenvalue weighted by Crippen LogP contribution is 2.32. The van der Waals surface area contributed by atoms with Crippen molar-refractivity contribution in [1.29, 1.82) is 0 Å². The van der Waals surface area contributed by atoms with Crippen LogP contribution in [-0.2, 0) is 21.2 Å². The molecule has 0 aliphatic carbocycles. The van der Waals surface area contributed by atoms with E-state index in [0.717, 1.165) is 5.56 Å². The van der Waals surface area contributed by atoms with Crippen molar-refractivity contribution in [2.24, 2.45) is 5.14 Å². The first-order chi connectivity index (χ1) is 12.7. The Morgan fingerprint density at radius 2 is 1.86 bits per heavy atom. The van der Waals surface area contributed by atoms with Crippen LogP contribution in [0.2, 0.25) is 0 Å². The molecule has 0 bridgehead atoms. The first-order valence-corrected chi connectivity index (χ1v) is 9.98. The van der Waals surface area contributed by atoms with Crippen molar-refractivity contribution >= 4 is 28.2 Å². The Morgan fingerprint density at radius 1 is 1.18 bits per heavy atom. The molecule has 148 valence electrons. The fourth-order valence-electron chi connectivity index (χ4n) is 3.10. The number of carbonyl (C=O) groups excluding carboxylic acids is 1. The Labute approximate surface area is 170 Å². The number of pyridine rings is 1. The van der Waals surface area contributed by atoms with E-state index < -0.39 is 14.8 Å². The van der Waals surface area contributed by atoms with Crippen molar-refractivity contribution in [1.82, 2.24) is 9.97 Å². The van der Waals surface area contributed by atoms with E-state index in [0.29, 0.717) is 22.5 Å². The number of hydrogen-bond donors (Lipinski definition) is 2. The van der Waals surface area contributed by atoms with Crippen molar-refractivity contribution in [2.45, 2.75) is 25.0 Å². The number of rotatable bonds is 6. The molecule has 0 radical (unpaired) electrons. The van der Waals surface area contributed by atoms with Crippen molar-refractivity contribution in [3.8, 4) is 0 Å². The van der Waals surface area contributed by atoms with Gasteiger partial charge < -0.3 is 4.98 Å². The molecule has 6 nitrogen and oxygen atoms in total. The lowest BCUT2D eigenvalue weighted by molar-refractivity contribution is 0.103. The molecule has 0 fully saturated rings. The van der Waals surface area contributed by atoms with Crippen LogP contribution in [0.4, 0.5) is 0 Å². The zero-order chi connectivity index (χ0) is 19.7. The van der Waals surface area contributed by atoms with Gasteiger partial charge in [-0.25, -0.2) is 13.6 Å². The summed E-state index contributed by atoms with van der Waals surface area (Å²) in [4.78, 5) is 19.8. The highest BCUT2D eigenvalue weighted by molar-refractivity contribution is 7.90. The molecule has 0 saturated heterocycles. The molecule has 2 aromatic heterocycles. The zero-order valence-corrected chi connectivity index (χ0v) is 17.2. The van der Waals surface area contributed by atoms with E-state index in [1.165, 1.54) is 6.20 Å². The number of aryl methyl sites for hydroxylation is 1. The second-order valence-electron chi connectivity index (χ2n) is 6.74. The Bertz CT molecular complexity index is 1070. The van der Waals surface area contributed by atoms with E-state index >= 15 is 0 Å². The summed E-state index contributed by atoms with van der Waals surface area (Å²) in [6.45, 7) is 3.38. The average Bonchev–Trinajstić information content (AvgIpc) is 3.01. The quantitative estimate of drug-likeness (QED) is 0.598. The van der Waals surface area contributed by atoms with Gasteiger partial charge in [-0.1, -0.05) is 36.4 Å². The number of hydrogen-bond acceptors (Lipinski definition) is 4. The smallest absolute Gasteiger partial charge is 0.219 e. The Morgan fingerprint density at radius 3 is 2.43 bits per heavy atom. The van der Waals surface area contributed by atoms with E-state index in [4.69, 9.17) is 5.14 Å². The van der Waals surface area contributed by atoms with Gasteiger partial charge in [-0.05, 0) is 37.1 Å². The van der Waals surface area contributed by atoms with Crippen LogP contribution < -0.4 is 5.14 Å². The van der Waals surface area contributed by atoms with Gasteiger partial charge in [0.15, 0.2) is 0 Å². The maximum Gasteiger partial charge on any atom is 0.219 e. The van der Waals surface area contributed by atoms with E-state index in [1.54, 1.807) is 55.6 Å². The number of nitrogens with two attached hydrogens (primary N) is 1. The highest BCUT2D eigenvalue weighted by Gasteiger charge is 2.39. The van der Waals surface area contributed by atoms with Gasteiger partial charge in [0.2, 0.25) is 15.8 Å². The van der Waals surface area contributed by atoms with Crippen LogP contribution in [0.3, 0.4) is 0 Å². The lowest BCUT2D eigenvalue weighted by Gasteiger charge is -2.26. The maximum absolute atomic E-state index is 12.7. The van der Waals surface area contributed by atoms with Gasteiger partial charge in [-0.15, -0.1) is 12.4 Å². The van der Waals surface area contributed by atoms with Crippen molar-refractivity contribution < 1.29 is 13.2 Å². The number of aromatic amines is 1. The fourth-order valence-corrected chi connectivity index (χ4v) is 3.91. The first kappa shape index (κ1) is 21.8. The number of benzene rings is 1. The molecule has 2 heterocycles. The first-order valence-electron chi connectivity index (χ1n) is 8.43. The summed E-state index contributed by atoms with van der Waals surface area (Å²) in [5.74, 6) is -0.141. The Kier molecular flexibility index (Phi) is 6.44. The predicted octanol–water partition coefficient (Wildman–Crippen LogP) is 3.12. The highest BCUT2D eigenvalue weighted by atomic mass is 35.5. The molecular weight excluding hydrogens is 398 g/mol. The molecule has 0 saturated carbocycles. The summed E-state index contributed by atoms with van der Waals surface area (Å²) in [7, 11) is -3.94. The zero-order valence-electron chi connectivity index (χ0n) is 15.5. The van der Waals surface area contributed by atoms with Gasteiger partial charge in [0.25, 0.3) is 0 Å². The van der Waals surface area contributed by atoms with E-state index in [9.17, 15) is 13.2 Å². The second-order valence-corrected chi connectivity index (χ2v) is 8.73. The Balaban J connectivity index is 0.00000280. The number of halogens is 1. The van der Waals surface area contributed by atoms with Crippen molar-refractivity contribution in [3.05, 3.63) is 89.0 Å². The summed E-state index contributed by atoms with van der Waals surface area (Å²) >= 11 is 0. The van der Waals surface area contributed by atoms with Crippen LogP contribution in [0.1, 0.15) is 39.8 Å². The minimum absolute atomic E-state index is 0.